The molecular weight excluding hydrogens is 228 g/mol. The minimum atomic E-state index is 0.441. The van der Waals surface area contributed by atoms with Crippen molar-refractivity contribution in [2.24, 2.45) is 23.0 Å². The average molecular weight is 254 g/mol. The lowest BCUT2D eigenvalue weighted by molar-refractivity contribution is 0.0613. The number of likely N-dealkylation sites (tertiary alicyclic amines) is 1. The van der Waals surface area contributed by atoms with E-state index in [-0.39, 0.29) is 0 Å². The zero-order valence-corrected chi connectivity index (χ0v) is 12.2. The third-order valence-corrected chi connectivity index (χ3v) is 4.91. The van der Waals surface area contributed by atoms with Gasteiger partial charge in [-0.1, -0.05) is 26.1 Å². The van der Waals surface area contributed by atoms with Crippen molar-refractivity contribution in [2.45, 2.75) is 52.5 Å². The van der Waals surface area contributed by atoms with Gasteiger partial charge in [-0.25, -0.2) is 0 Å². The van der Waals surface area contributed by atoms with E-state index in [4.69, 9.17) is 18.0 Å². The van der Waals surface area contributed by atoms with Crippen molar-refractivity contribution in [1.29, 1.82) is 0 Å². The van der Waals surface area contributed by atoms with Gasteiger partial charge in [0.1, 0.15) is 0 Å². The third kappa shape index (κ3) is 3.19. The molecule has 2 N–H and O–H groups in total. The minimum absolute atomic E-state index is 0.441. The Kier molecular flexibility index (Phi) is 3.79. The number of rotatable bonds is 4. The molecule has 3 unspecified atom stereocenters. The minimum Gasteiger partial charge on any atom is -0.393 e. The van der Waals surface area contributed by atoms with Gasteiger partial charge in [-0.2, -0.15) is 0 Å². The number of nitrogens with zero attached hydrogens (tertiary/aromatic N) is 1. The Bertz CT molecular complexity index is 299. The molecule has 0 aromatic carbocycles. The van der Waals surface area contributed by atoms with Crippen molar-refractivity contribution in [3.05, 3.63) is 0 Å². The summed E-state index contributed by atoms with van der Waals surface area (Å²) < 4.78 is 0. The lowest BCUT2D eigenvalue weighted by Crippen LogP contribution is -2.48. The molecule has 1 aliphatic heterocycles. The highest BCUT2D eigenvalue weighted by atomic mass is 32.1. The molecule has 1 aliphatic carbocycles. The fourth-order valence-corrected chi connectivity index (χ4v) is 3.72. The predicted molar refractivity (Wildman–Crippen MR) is 77.0 cm³/mol. The standard InChI is InChI=1S/C14H26N2S/c1-10-6-11(2)12(3)16(8-10)9-14(4-5-14)7-13(15)17/h10-12H,4-9H2,1-3H3,(H2,15,17). The molecule has 0 spiro atoms. The second-order valence-electron chi connectivity index (χ2n) is 6.63. The van der Waals surface area contributed by atoms with Gasteiger partial charge in [0, 0.05) is 25.6 Å². The molecule has 0 aromatic rings. The molecule has 2 fully saturated rings. The highest BCUT2D eigenvalue weighted by molar-refractivity contribution is 7.80. The lowest BCUT2D eigenvalue weighted by Gasteiger charge is -2.42. The Balaban J connectivity index is 1.95. The summed E-state index contributed by atoms with van der Waals surface area (Å²) in [4.78, 5) is 3.39. The summed E-state index contributed by atoms with van der Waals surface area (Å²) in [6.07, 6.45) is 4.96. The number of piperidine rings is 1. The van der Waals surface area contributed by atoms with E-state index in [2.05, 4.69) is 25.7 Å². The van der Waals surface area contributed by atoms with Crippen molar-refractivity contribution in [3.8, 4) is 0 Å². The van der Waals surface area contributed by atoms with Gasteiger partial charge in [-0.3, -0.25) is 4.90 Å². The molecule has 2 rings (SSSR count). The van der Waals surface area contributed by atoms with Crippen molar-refractivity contribution >= 4 is 17.2 Å². The van der Waals surface area contributed by atoms with Crippen LogP contribution in [-0.2, 0) is 0 Å². The number of hydrogen-bond acceptors (Lipinski definition) is 2. The van der Waals surface area contributed by atoms with Gasteiger partial charge in [0.2, 0.25) is 0 Å². The first kappa shape index (κ1) is 13.3. The Morgan fingerprint density at radius 1 is 1.35 bits per heavy atom. The maximum atomic E-state index is 5.73. The van der Waals surface area contributed by atoms with E-state index >= 15 is 0 Å². The summed E-state index contributed by atoms with van der Waals surface area (Å²) in [5, 5.41) is 0. The quantitative estimate of drug-likeness (QED) is 0.782. The summed E-state index contributed by atoms with van der Waals surface area (Å²) in [5.74, 6) is 1.65. The smallest absolute Gasteiger partial charge is 0.0733 e. The maximum Gasteiger partial charge on any atom is 0.0733 e. The van der Waals surface area contributed by atoms with Gasteiger partial charge in [0.05, 0.1) is 4.99 Å². The fraction of sp³-hybridized carbons (Fsp3) is 0.929. The van der Waals surface area contributed by atoms with Gasteiger partial charge in [0.15, 0.2) is 0 Å². The molecule has 0 radical (unpaired) electrons. The predicted octanol–water partition coefficient (Wildman–Crippen LogP) is 2.81. The van der Waals surface area contributed by atoms with Crippen LogP contribution >= 0.6 is 12.2 Å². The van der Waals surface area contributed by atoms with E-state index in [0.717, 1.165) is 24.3 Å². The lowest BCUT2D eigenvalue weighted by atomic mass is 9.85. The maximum absolute atomic E-state index is 5.73. The van der Waals surface area contributed by atoms with Crippen LogP contribution in [0.5, 0.6) is 0 Å². The van der Waals surface area contributed by atoms with Crippen molar-refractivity contribution in [3.63, 3.8) is 0 Å². The second-order valence-corrected chi connectivity index (χ2v) is 7.16. The van der Waals surface area contributed by atoms with Crippen molar-refractivity contribution in [2.75, 3.05) is 13.1 Å². The summed E-state index contributed by atoms with van der Waals surface area (Å²) in [5.41, 5.74) is 6.17. The topological polar surface area (TPSA) is 29.3 Å². The van der Waals surface area contributed by atoms with Crippen LogP contribution < -0.4 is 5.73 Å². The largest absolute Gasteiger partial charge is 0.393 e. The van der Waals surface area contributed by atoms with Crippen LogP contribution in [0.25, 0.3) is 0 Å². The number of thiocarbonyl (C=S) groups is 1. The van der Waals surface area contributed by atoms with Crippen LogP contribution in [0, 0.1) is 17.3 Å². The first-order valence-corrected chi connectivity index (χ1v) is 7.35. The third-order valence-electron chi connectivity index (χ3n) is 4.76. The summed E-state index contributed by atoms with van der Waals surface area (Å²) in [7, 11) is 0. The normalized spacial score (nSPS) is 36.8. The molecule has 1 heterocycles. The summed E-state index contributed by atoms with van der Waals surface area (Å²) in [6.45, 7) is 9.61. The van der Waals surface area contributed by atoms with Crippen LogP contribution in [0.2, 0.25) is 0 Å². The highest BCUT2D eigenvalue weighted by Gasteiger charge is 2.45. The van der Waals surface area contributed by atoms with Crippen LogP contribution in [0.4, 0.5) is 0 Å². The Hall–Kier alpha value is -0.150. The Morgan fingerprint density at radius 2 is 2.00 bits per heavy atom. The molecule has 0 amide bonds. The Morgan fingerprint density at radius 3 is 2.53 bits per heavy atom. The van der Waals surface area contributed by atoms with E-state index in [1.807, 2.05) is 0 Å². The van der Waals surface area contributed by atoms with Crippen molar-refractivity contribution < 1.29 is 0 Å². The van der Waals surface area contributed by atoms with Crippen LogP contribution in [0.15, 0.2) is 0 Å². The van der Waals surface area contributed by atoms with E-state index in [1.165, 1.54) is 32.4 Å². The van der Waals surface area contributed by atoms with Gasteiger partial charge < -0.3 is 5.73 Å². The molecule has 17 heavy (non-hydrogen) atoms. The molecule has 3 heteroatoms. The van der Waals surface area contributed by atoms with E-state index < -0.39 is 0 Å². The van der Waals surface area contributed by atoms with Crippen LogP contribution in [0.1, 0.15) is 46.5 Å². The molecule has 1 saturated heterocycles. The summed E-state index contributed by atoms with van der Waals surface area (Å²) in [6, 6.07) is 0.718. The van der Waals surface area contributed by atoms with E-state index in [0.29, 0.717) is 10.4 Å². The number of hydrogen-bond donors (Lipinski definition) is 1. The van der Waals surface area contributed by atoms with E-state index in [1.54, 1.807) is 0 Å². The molecule has 1 saturated carbocycles. The zero-order chi connectivity index (χ0) is 12.6. The molecule has 0 aromatic heterocycles. The average Bonchev–Trinajstić information content (AvgIpc) is 2.92. The van der Waals surface area contributed by atoms with Gasteiger partial charge >= 0.3 is 0 Å². The second kappa shape index (κ2) is 4.85. The van der Waals surface area contributed by atoms with Crippen molar-refractivity contribution in [1.82, 2.24) is 4.90 Å². The van der Waals surface area contributed by atoms with Crippen LogP contribution in [-0.4, -0.2) is 29.0 Å². The Labute approximate surface area is 111 Å². The van der Waals surface area contributed by atoms with Gasteiger partial charge in [-0.15, -0.1) is 0 Å². The first-order chi connectivity index (χ1) is 7.92. The highest BCUT2D eigenvalue weighted by Crippen LogP contribution is 2.50. The molecule has 0 bridgehead atoms. The first-order valence-electron chi connectivity index (χ1n) is 6.94. The summed E-state index contributed by atoms with van der Waals surface area (Å²) >= 11 is 5.09. The van der Waals surface area contributed by atoms with Crippen LogP contribution in [0.3, 0.4) is 0 Å². The molecule has 2 nitrogen and oxygen atoms in total. The van der Waals surface area contributed by atoms with Gasteiger partial charge in [-0.05, 0) is 43.4 Å². The fourth-order valence-electron chi connectivity index (χ4n) is 3.41. The zero-order valence-electron chi connectivity index (χ0n) is 11.4. The number of nitrogens with two attached hydrogens (primary N) is 1. The van der Waals surface area contributed by atoms with Gasteiger partial charge in [0.25, 0.3) is 0 Å². The molecule has 3 atom stereocenters. The molecular formula is C14H26N2S. The SMILES string of the molecule is CC1CC(C)C(C)N(CC2(CC(N)=S)CC2)C1. The monoisotopic (exact) mass is 254 g/mol. The van der Waals surface area contributed by atoms with E-state index in [9.17, 15) is 0 Å². The molecule has 98 valence electrons. The molecule has 2 aliphatic rings.